The summed E-state index contributed by atoms with van der Waals surface area (Å²) >= 11 is 2.11. The maximum atomic E-state index is 12.5. The second-order valence-electron chi connectivity index (χ2n) is 7.28. The number of amides is 2. The largest absolute Gasteiger partial charge is 0.444 e. The van der Waals surface area contributed by atoms with Crippen molar-refractivity contribution in [3.63, 3.8) is 0 Å². The minimum absolute atomic E-state index is 0.195. The average Bonchev–Trinajstić information content (AvgIpc) is 2.94. The Labute approximate surface area is 167 Å². The summed E-state index contributed by atoms with van der Waals surface area (Å²) in [6.07, 6.45) is 0.701. The number of rotatable bonds is 4. The van der Waals surface area contributed by atoms with Crippen molar-refractivity contribution in [3.05, 3.63) is 15.2 Å². The van der Waals surface area contributed by atoms with E-state index < -0.39 is 5.60 Å². The first-order valence-electron chi connectivity index (χ1n) is 8.70. The quantitative estimate of drug-likeness (QED) is 0.648. The van der Waals surface area contributed by atoms with Gasteiger partial charge in [0.1, 0.15) is 9.30 Å². The molecule has 1 saturated heterocycles. The minimum Gasteiger partial charge on any atom is -0.444 e. The molecule has 2 rings (SSSR count). The Balaban J connectivity index is 1.98. The summed E-state index contributed by atoms with van der Waals surface area (Å²) in [4.78, 5) is 33.7. The molecule has 0 unspecified atom stereocenters. The van der Waals surface area contributed by atoms with Crippen LogP contribution in [0.15, 0.2) is 0 Å². The van der Waals surface area contributed by atoms with E-state index in [0.29, 0.717) is 25.3 Å². The number of methoxy groups -OCH3 is 1. The van der Waals surface area contributed by atoms with E-state index >= 15 is 0 Å². The number of halogens is 1. The molecule has 0 radical (unpaired) electrons. The van der Waals surface area contributed by atoms with Gasteiger partial charge in [-0.15, -0.1) is 0 Å². The van der Waals surface area contributed by atoms with Crippen LogP contribution in [0.25, 0.3) is 0 Å². The third kappa shape index (κ3) is 5.32. The van der Waals surface area contributed by atoms with E-state index in [2.05, 4.69) is 37.9 Å². The lowest BCUT2D eigenvalue weighted by Crippen LogP contribution is -2.56. The zero-order valence-corrected chi connectivity index (χ0v) is 18.0. The van der Waals surface area contributed by atoms with E-state index in [1.807, 2.05) is 27.7 Å². The molecule has 1 aliphatic rings. The fourth-order valence-electron chi connectivity index (χ4n) is 2.78. The third-order valence-electron chi connectivity index (χ3n) is 4.13. The number of aromatic amines is 1. The number of aryl methyl sites for hydroxylation is 1. The molecule has 9 heteroatoms. The van der Waals surface area contributed by atoms with Crippen molar-refractivity contribution in [1.82, 2.24) is 20.2 Å². The van der Waals surface area contributed by atoms with Crippen LogP contribution < -0.4 is 5.32 Å². The Morgan fingerprint density at radius 2 is 2.12 bits per heavy atom. The summed E-state index contributed by atoms with van der Waals surface area (Å²) in [5.41, 5.74) is 0.400. The maximum absolute atomic E-state index is 12.5. The number of imidazole rings is 1. The number of H-pyrrole nitrogens is 1. The minimum atomic E-state index is -0.544. The molecule has 1 aromatic rings. The molecule has 1 aromatic heterocycles. The lowest BCUT2D eigenvalue weighted by atomic mass is 10.0. The Hall–Kier alpha value is -1.36. The van der Waals surface area contributed by atoms with E-state index in [1.165, 1.54) is 0 Å². The van der Waals surface area contributed by atoms with Crippen molar-refractivity contribution in [3.8, 4) is 0 Å². The summed E-state index contributed by atoms with van der Waals surface area (Å²) < 4.78 is 11.7. The molecule has 8 nitrogen and oxygen atoms in total. The summed E-state index contributed by atoms with van der Waals surface area (Å²) in [7, 11) is 1.58. The predicted molar refractivity (Wildman–Crippen MR) is 105 cm³/mol. The second-order valence-corrected chi connectivity index (χ2v) is 8.30. The Kier molecular flexibility index (Phi) is 6.89. The zero-order chi connectivity index (χ0) is 19.5. The summed E-state index contributed by atoms with van der Waals surface area (Å²) in [6.45, 7) is 8.37. The molecule has 2 heterocycles. The van der Waals surface area contributed by atoms with Crippen molar-refractivity contribution in [2.75, 3.05) is 20.2 Å². The molecule has 2 atom stereocenters. The first-order chi connectivity index (χ1) is 12.1. The van der Waals surface area contributed by atoms with E-state index in [0.717, 1.165) is 15.8 Å². The van der Waals surface area contributed by atoms with E-state index in [1.54, 1.807) is 12.0 Å². The lowest BCUT2D eigenvalue weighted by Gasteiger charge is -2.38. The molecule has 1 fully saturated rings. The molecule has 0 aromatic carbocycles. The van der Waals surface area contributed by atoms with Gasteiger partial charge in [-0.25, -0.2) is 9.78 Å². The van der Waals surface area contributed by atoms with Gasteiger partial charge in [-0.2, -0.15) is 0 Å². The van der Waals surface area contributed by atoms with Crippen molar-refractivity contribution in [2.24, 2.45) is 0 Å². The van der Waals surface area contributed by atoms with Crippen LogP contribution in [0.1, 0.15) is 50.4 Å². The summed E-state index contributed by atoms with van der Waals surface area (Å²) in [6, 6.07) is -0.195. The number of carbonyl (C=O) groups is 2. The third-order valence-corrected chi connectivity index (χ3v) is 5.02. The van der Waals surface area contributed by atoms with Crippen LogP contribution >= 0.6 is 22.6 Å². The smallest absolute Gasteiger partial charge is 0.410 e. The van der Waals surface area contributed by atoms with Gasteiger partial charge in [0, 0.05) is 19.3 Å². The number of likely N-dealkylation sites (tertiary alicyclic amines) is 1. The summed E-state index contributed by atoms with van der Waals surface area (Å²) in [5, 5.41) is 2.97. The van der Waals surface area contributed by atoms with E-state index in [-0.39, 0.29) is 24.1 Å². The van der Waals surface area contributed by atoms with Crippen LogP contribution in [0.2, 0.25) is 0 Å². The highest BCUT2D eigenvalue weighted by molar-refractivity contribution is 14.1. The molecule has 0 bridgehead atoms. The van der Waals surface area contributed by atoms with Crippen molar-refractivity contribution in [2.45, 2.75) is 58.3 Å². The second kappa shape index (κ2) is 8.55. The van der Waals surface area contributed by atoms with Crippen LogP contribution in [-0.4, -0.2) is 64.8 Å². The molecular weight excluding hydrogens is 451 g/mol. The highest BCUT2D eigenvalue weighted by atomic mass is 127. The molecule has 2 N–H and O–H groups in total. The van der Waals surface area contributed by atoms with Gasteiger partial charge in [0.25, 0.3) is 5.91 Å². The number of nitrogens with one attached hydrogen (secondary N) is 2. The Morgan fingerprint density at radius 1 is 1.42 bits per heavy atom. The van der Waals surface area contributed by atoms with Crippen LogP contribution in [-0.2, 0) is 15.9 Å². The monoisotopic (exact) mass is 478 g/mol. The molecule has 2 amide bonds. The van der Waals surface area contributed by atoms with Gasteiger partial charge in [-0.3, -0.25) is 4.79 Å². The van der Waals surface area contributed by atoms with Gasteiger partial charge in [-0.05, 0) is 56.2 Å². The molecule has 26 heavy (non-hydrogen) atoms. The summed E-state index contributed by atoms with van der Waals surface area (Å²) in [5.74, 6) is 0.0380. The molecule has 0 saturated carbocycles. The topological polar surface area (TPSA) is 96.6 Å². The van der Waals surface area contributed by atoms with Gasteiger partial charge >= 0.3 is 6.09 Å². The zero-order valence-electron chi connectivity index (χ0n) is 15.9. The fraction of sp³-hybridized carbons (Fsp3) is 0.706. The highest BCUT2D eigenvalue weighted by Crippen LogP contribution is 2.18. The molecule has 1 aliphatic heterocycles. The highest BCUT2D eigenvalue weighted by Gasteiger charge is 2.35. The number of piperidine rings is 1. The van der Waals surface area contributed by atoms with Crippen LogP contribution in [0.4, 0.5) is 4.79 Å². The first kappa shape index (κ1) is 20.9. The Morgan fingerprint density at radius 3 is 2.65 bits per heavy atom. The van der Waals surface area contributed by atoms with E-state index in [9.17, 15) is 9.59 Å². The van der Waals surface area contributed by atoms with Gasteiger partial charge in [-0.1, -0.05) is 6.92 Å². The average molecular weight is 478 g/mol. The van der Waals surface area contributed by atoms with Crippen LogP contribution in [0, 0.1) is 3.70 Å². The number of ether oxygens (including phenoxy) is 2. The molecule has 146 valence electrons. The number of carbonyl (C=O) groups excluding carboxylic acids is 2. The van der Waals surface area contributed by atoms with Crippen LogP contribution in [0.5, 0.6) is 0 Å². The van der Waals surface area contributed by atoms with Gasteiger partial charge < -0.3 is 24.7 Å². The fourth-order valence-corrected chi connectivity index (χ4v) is 3.54. The Bertz CT molecular complexity index is 656. The number of hydrogen-bond donors (Lipinski definition) is 2. The lowest BCUT2D eigenvalue weighted by molar-refractivity contribution is -0.0172. The first-order valence-corrected chi connectivity index (χ1v) is 9.78. The number of nitrogens with zero attached hydrogens (tertiary/aromatic N) is 2. The van der Waals surface area contributed by atoms with Crippen molar-refractivity contribution < 1.29 is 19.1 Å². The molecule has 0 aliphatic carbocycles. The van der Waals surface area contributed by atoms with Gasteiger partial charge in [0.15, 0.2) is 5.82 Å². The SMILES string of the molecule is CCc1[nH]c(C(=O)N[C@@H]2CCN(C(=O)OC(C)(C)C)C[C@@H]2OC)nc1I. The van der Waals surface area contributed by atoms with Gasteiger partial charge in [0.2, 0.25) is 0 Å². The number of aromatic nitrogens is 2. The standard InChI is InChI=1S/C17H27IN4O4/c1-6-10-13(18)21-14(19-10)15(23)20-11-7-8-22(9-12(11)25-5)16(24)26-17(2,3)4/h11-12H,6-9H2,1-5H3,(H,19,21)(H,20,23)/t11-,12+/m1/s1. The van der Waals surface area contributed by atoms with Crippen molar-refractivity contribution in [1.29, 1.82) is 0 Å². The maximum Gasteiger partial charge on any atom is 0.410 e. The predicted octanol–water partition coefficient (Wildman–Crippen LogP) is 2.33. The van der Waals surface area contributed by atoms with Crippen LogP contribution in [0.3, 0.4) is 0 Å². The van der Waals surface area contributed by atoms with Crippen molar-refractivity contribution >= 4 is 34.6 Å². The molecule has 0 spiro atoms. The number of hydrogen-bond acceptors (Lipinski definition) is 5. The van der Waals surface area contributed by atoms with E-state index in [4.69, 9.17) is 9.47 Å². The normalized spacial score (nSPS) is 20.8. The van der Waals surface area contributed by atoms with Gasteiger partial charge in [0.05, 0.1) is 18.7 Å². The molecular formula is C17H27IN4O4.